The maximum atomic E-state index is 15.1. The van der Waals surface area contributed by atoms with Crippen LogP contribution < -0.4 is 0 Å². The number of aromatic nitrogens is 3. The molecule has 0 spiro atoms. The maximum Gasteiger partial charge on any atom is 0.222 e. The number of halogens is 1. The van der Waals surface area contributed by atoms with E-state index < -0.39 is 0 Å². The number of fused-ring (bicyclic) bond motifs is 1. The number of imidazole rings is 1. The van der Waals surface area contributed by atoms with Crippen LogP contribution >= 0.6 is 0 Å². The van der Waals surface area contributed by atoms with E-state index in [4.69, 9.17) is 0 Å². The molecular formula is C32H33FN4O2. The molecular weight excluding hydrogens is 491 g/mol. The Hall–Kier alpha value is -3.74. The van der Waals surface area contributed by atoms with E-state index in [1.54, 1.807) is 12.1 Å². The summed E-state index contributed by atoms with van der Waals surface area (Å²) < 4.78 is 19.2. The minimum Gasteiger partial charge on any atom is -0.345 e. The summed E-state index contributed by atoms with van der Waals surface area (Å²) in [6, 6.07) is 8.96. The molecule has 4 heterocycles. The molecule has 0 atom stereocenters. The van der Waals surface area contributed by atoms with Crippen molar-refractivity contribution in [1.82, 2.24) is 18.9 Å². The normalized spacial score (nSPS) is 18.5. The highest BCUT2D eigenvalue weighted by Crippen LogP contribution is 2.42. The fraction of sp³-hybridized carbons (Fsp3) is 0.406. The van der Waals surface area contributed by atoms with Gasteiger partial charge >= 0.3 is 0 Å². The van der Waals surface area contributed by atoms with Crippen molar-refractivity contribution in [2.75, 3.05) is 6.54 Å². The fourth-order valence-electron chi connectivity index (χ4n) is 7.06. The van der Waals surface area contributed by atoms with Gasteiger partial charge in [-0.05, 0) is 54.2 Å². The topological polar surface area (TPSA) is 59.6 Å². The molecule has 0 N–H and O–H groups in total. The van der Waals surface area contributed by atoms with Gasteiger partial charge in [0.1, 0.15) is 11.5 Å². The zero-order valence-corrected chi connectivity index (χ0v) is 22.2. The lowest BCUT2D eigenvalue weighted by Crippen LogP contribution is -2.32. The van der Waals surface area contributed by atoms with Gasteiger partial charge in [-0.3, -0.25) is 14.0 Å². The second-order valence-corrected chi connectivity index (χ2v) is 11.4. The molecule has 1 aliphatic heterocycles. The number of allylic oxidation sites excluding steroid dienone is 2. The first-order valence-electron chi connectivity index (χ1n) is 14.3. The summed E-state index contributed by atoms with van der Waals surface area (Å²) in [7, 11) is 0. The number of Topliss-reactive ketones (excluding diaryl/α,β-unsaturated/α-hetero) is 1. The number of carbonyl (C=O) groups excluding carboxylic acids is 2. The van der Waals surface area contributed by atoms with Gasteiger partial charge in [0.15, 0.2) is 5.78 Å². The molecule has 0 radical (unpaired) electrons. The van der Waals surface area contributed by atoms with Crippen molar-refractivity contribution < 1.29 is 14.0 Å². The van der Waals surface area contributed by atoms with E-state index in [0.29, 0.717) is 50.4 Å². The SMILES string of the molecule is O=C1CCC(c2cnc3ccccn23)=C1c1cn2c3c(cc(F)cc13)CN(C(=O)CCC1CCCCC1)CC2. The minimum absolute atomic E-state index is 0.0809. The number of ketones is 1. The standard InChI is InChI=1S/C32H33FN4O2/c33-23-16-22-19-35(30(39)12-9-21-6-2-1-3-7-21)14-15-36-20-26(25(17-23)32(22)36)31-24(10-11-28(31)38)27-18-34-29-8-4-5-13-37(27)29/h4-5,8,13,16-18,20-21H,1-3,6-7,9-12,14-15,19H2. The van der Waals surface area contributed by atoms with Crippen LogP contribution in [0.25, 0.3) is 27.7 Å². The lowest BCUT2D eigenvalue weighted by molar-refractivity contribution is -0.132. The van der Waals surface area contributed by atoms with Crippen LogP contribution in [0.15, 0.2) is 48.9 Å². The second-order valence-electron chi connectivity index (χ2n) is 11.4. The van der Waals surface area contributed by atoms with Crippen LogP contribution in [-0.4, -0.2) is 37.1 Å². The molecule has 2 aliphatic carbocycles. The lowest BCUT2D eigenvalue weighted by atomic mass is 9.86. The van der Waals surface area contributed by atoms with E-state index in [-0.39, 0.29) is 17.5 Å². The number of benzene rings is 1. The molecule has 0 unspecified atom stereocenters. The molecule has 1 saturated carbocycles. The van der Waals surface area contributed by atoms with Gasteiger partial charge in [0, 0.05) is 61.4 Å². The van der Waals surface area contributed by atoms with Crippen molar-refractivity contribution in [3.05, 3.63) is 71.6 Å². The third-order valence-electron chi connectivity index (χ3n) is 9.01. The first-order chi connectivity index (χ1) is 19.1. The van der Waals surface area contributed by atoms with Crippen LogP contribution in [0.5, 0.6) is 0 Å². The summed E-state index contributed by atoms with van der Waals surface area (Å²) in [5, 5.41) is 0.748. The number of carbonyl (C=O) groups is 2. The molecule has 39 heavy (non-hydrogen) atoms. The van der Waals surface area contributed by atoms with Gasteiger partial charge in [-0.2, -0.15) is 0 Å². The first-order valence-corrected chi connectivity index (χ1v) is 14.3. The molecule has 3 aromatic heterocycles. The number of rotatable bonds is 5. The summed E-state index contributed by atoms with van der Waals surface area (Å²) in [6.45, 7) is 1.60. The maximum absolute atomic E-state index is 15.1. The Labute approximate surface area is 227 Å². The minimum atomic E-state index is -0.338. The van der Waals surface area contributed by atoms with E-state index in [9.17, 15) is 9.59 Å². The summed E-state index contributed by atoms with van der Waals surface area (Å²) in [6.07, 6.45) is 14.7. The van der Waals surface area contributed by atoms with Crippen molar-refractivity contribution in [3.63, 3.8) is 0 Å². The predicted octanol–water partition coefficient (Wildman–Crippen LogP) is 6.40. The molecule has 1 fully saturated rings. The largest absolute Gasteiger partial charge is 0.345 e. The van der Waals surface area contributed by atoms with E-state index >= 15 is 4.39 Å². The third-order valence-corrected chi connectivity index (χ3v) is 9.01. The number of hydrogen-bond acceptors (Lipinski definition) is 3. The van der Waals surface area contributed by atoms with Gasteiger partial charge in [0.25, 0.3) is 0 Å². The Bertz CT molecular complexity index is 1640. The monoisotopic (exact) mass is 524 g/mol. The van der Waals surface area contributed by atoms with Gasteiger partial charge in [-0.25, -0.2) is 9.37 Å². The quantitative estimate of drug-likeness (QED) is 0.303. The average molecular weight is 525 g/mol. The number of amides is 1. The van der Waals surface area contributed by atoms with Crippen LogP contribution in [-0.2, 0) is 22.7 Å². The third kappa shape index (κ3) is 4.28. The second kappa shape index (κ2) is 9.78. The number of nitrogens with zero attached hydrogens (tertiary/aromatic N) is 4. The molecule has 1 aromatic carbocycles. The molecule has 0 bridgehead atoms. The van der Waals surface area contributed by atoms with Crippen molar-refractivity contribution in [2.45, 2.75) is 70.9 Å². The Kier molecular flexibility index (Phi) is 6.09. The van der Waals surface area contributed by atoms with Gasteiger partial charge in [0.2, 0.25) is 5.91 Å². The molecule has 1 amide bonds. The van der Waals surface area contributed by atoms with Gasteiger partial charge in [-0.1, -0.05) is 38.2 Å². The van der Waals surface area contributed by atoms with Crippen molar-refractivity contribution in [1.29, 1.82) is 0 Å². The van der Waals surface area contributed by atoms with E-state index in [0.717, 1.165) is 45.4 Å². The van der Waals surface area contributed by atoms with E-state index in [2.05, 4.69) is 9.55 Å². The van der Waals surface area contributed by atoms with E-state index in [1.807, 2.05) is 46.1 Å². The summed E-state index contributed by atoms with van der Waals surface area (Å²) >= 11 is 0. The zero-order chi connectivity index (χ0) is 26.5. The average Bonchev–Trinajstić information content (AvgIpc) is 3.61. The van der Waals surface area contributed by atoms with Crippen molar-refractivity contribution >= 4 is 39.4 Å². The highest BCUT2D eigenvalue weighted by atomic mass is 19.1. The van der Waals surface area contributed by atoms with Crippen LogP contribution in [0.4, 0.5) is 4.39 Å². The van der Waals surface area contributed by atoms with E-state index in [1.165, 1.54) is 32.1 Å². The molecule has 0 saturated heterocycles. The molecule has 7 heteroatoms. The Balaban J connectivity index is 1.25. The highest BCUT2D eigenvalue weighted by Gasteiger charge is 2.31. The Morgan fingerprint density at radius 3 is 2.82 bits per heavy atom. The molecule has 200 valence electrons. The van der Waals surface area contributed by atoms with Crippen LogP contribution in [0.1, 0.15) is 74.6 Å². The Morgan fingerprint density at radius 1 is 1.08 bits per heavy atom. The molecule has 3 aliphatic rings. The first kappa shape index (κ1) is 24.3. The summed E-state index contributed by atoms with van der Waals surface area (Å²) in [5.74, 6) is 0.562. The number of hydrogen-bond donors (Lipinski definition) is 0. The predicted molar refractivity (Wildman–Crippen MR) is 149 cm³/mol. The summed E-state index contributed by atoms with van der Waals surface area (Å²) in [5.41, 5.74) is 5.89. The lowest BCUT2D eigenvalue weighted by Gasteiger charge is -2.24. The molecule has 6 nitrogen and oxygen atoms in total. The van der Waals surface area contributed by atoms with Crippen LogP contribution in [0.2, 0.25) is 0 Å². The van der Waals surface area contributed by atoms with Gasteiger partial charge in [-0.15, -0.1) is 0 Å². The van der Waals surface area contributed by atoms with Gasteiger partial charge in [0.05, 0.1) is 17.4 Å². The molecule has 7 rings (SSSR count). The number of pyridine rings is 1. The fourth-order valence-corrected chi connectivity index (χ4v) is 7.06. The zero-order valence-electron chi connectivity index (χ0n) is 22.2. The van der Waals surface area contributed by atoms with Crippen LogP contribution in [0.3, 0.4) is 0 Å². The molecule has 4 aromatic rings. The summed E-state index contributed by atoms with van der Waals surface area (Å²) in [4.78, 5) is 33.0. The van der Waals surface area contributed by atoms with Crippen LogP contribution in [0, 0.1) is 11.7 Å². The van der Waals surface area contributed by atoms with Crippen molar-refractivity contribution in [2.24, 2.45) is 5.92 Å². The van der Waals surface area contributed by atoms with Crippen molar-refractivity contribution in [3.8, 4) is 0 Å². The smallest absolute Gasteiger partial charge is 0.222 e. The highest BCUT2D eigenvalue weighted by molar-refractivity contribution is 6.33. The van der Waals surface area contributed by atoms with Gasteiger partial charge < -0.3 is 9.47 Å². The Morgan fingerprint density at radius 2 is 1.95 bits per heavy atom.